The SMILES string of the molecule is [CH2]C([S+]=O)C(C)C. The molecule has 0 spiro atoms. The summed E-state index contributed by atoms with van der Waals surface area (Å²) in [5.41, 5.74) is 0. The van der Waals surface area contributed by atoms with Crippen LogP contribution < -0.4 is 0 Å². The van der Waals surface area contributed by atoms with Crippen LogP contribution in [-0.2, 0) is 15.9 Å². The molecule has 0 aliphatic rings. The summed E-state index contributed by atoms with van der Waals surface area (Å²) in [5, 5.41) is 0.0139. The van der Waals surface area contributed by atoms with Gasteiger partial charge in [0.15, 0.2) is 0 Å². The van der Waals surface area contributed by atoms with Gasteiger partial charge in [-0.1, -0.05) is 13.8 Å². The van der Waals surface area contributed by atoms with Crippen molar-refractivity contribution < 1.29 is 4.21 Å². The van der Waals surface area contributed by atoms with Crippen LogP contribution in [0.3, 0.4) is 0 Å². The van der Waals surface area contributed by atoms with Crippen molar-refractivity contribution in [3.05, 3.63) is 6.92 Å². The van der Waals surface area contributed by atoms with Crippen molar-refractivity contribution in [2.45, 2.75) is 19.1 Å². The molecule has 0 aromatic carbocycles. The number of hydrogen-bond donors (Lipinski definition) is 0. The Bertz CT molecular complexity index is 61.1. The van der Waals surface area contributed by atoms with Crippen molar-refractivity contribution in [1.82, 2.24) is 0 Å². The molecule has 0 rings (SSSR count). The summed E-state index contributed by atoms with van der Waals surface area (Å²) >= 11 is 0.572. The zero-order chi connectivity index (χ0) is 5.86. The zero-order valence-electron chi connectivity index (χ0n) is 4.68. The van der Waals surface area contributed by atoms with E-state index in [1.807, 2.05) is 13.8 Å². The second-order valence-corrected chi connectivity index (χ2v) is 2.68. The molecule has 0 aromatic rings. The van der Waals surface area contributed by atoms with E-state index in [9.17, 15) is 4.21 Å². The first kappa shape index (κ1) is 7.02. The van der Waals surface area contributed by atoms with Crippen LogP contribution in [-0.4, -0.2) is 5.25 Å². The third-order valence-corrected chi connectivity index (χ3v) is 1.66. The summed E-state index contributed by atoms with van der Waals surface area (Å²) in [5.74, 6) is 0.405. The fraction of sp³-hybridized carbons (Fsp3) is 0.800. The van der Waals surface area contributed by atoms with Gasteiger partial charge in [0.05, 0.1) is 0 Å². The molecule has 0 bridgehead atoms. The fourth-order valence-electron chi connectivity index (χ4n) is 0.111. The smallest absolute Gasteiger partial charge is 0.0572 e. The maximum Gasteiger partial charge on any atom is 0.462 e. The lowest BCUT2D eigenvalue weighted by Gasteiger charge is -1.92. The fourth-order valence-corrected chi connectivity index (χ4v) is 0.333. The predicted octanol–water partition coefficient (Wildman–Crippen LogP) is 1.27. The van der Waals surface area contributed by atoms with E-state index in [2.05, 4.69) is 6.92 Å². The van der Waals surface area contributed by atoms with Gasteiger partial charge < -0.3 is 0 Å². The summed E-state index contributed by atoms with van der Waals surface area (Å²) in [7, 11) is 0. The van der Waals surface area contributed by atoms with E-state index in [0.717, 1.165) is 0 Å². The Morgan fingerprint density at radius 3 is 2.00 bits per heavy atom. The Kier molecular flexibility index (Phi) is 3.09. The van der Waals surface area contributed by atoms with Crippen LogP contribution in [0.1, 0.15) is 13.8 Å². The molecule has 1 radical (unpaired) electrons. The molecular weight excluding hydrogens is 108 g/mol. The quantitative estimate of drug-likeness (QED) is 0.499. The van der Waals surface area contributed by atoms with E-state index in [-0.39, 0.29) is 5.25 Å². The highest BCUT2D eigenvalue weighted by molar-refractivity contribution is 7.66. The topological polar surface area (TPSA) is 17.1 Å². The molecule has 0 saturated heterocycles. The second kappa shape index (κ2) is 3.08. The van der Waals surface area contributed by atoms with Gasteiger partial charge in [0, 0.05) is 17.1 Å². The number of hydrogen-bond acceptors (Lipinski definition) is 1. The highest BCUT2D eigenvalue weighted by Gasteiger charge is 2.18. The second-order valence-electron chi connectivity index (χ2n) is 1.88. The Labute approximate surface area is 48.6 Å². The molecule has 0 amide bonds. The van der Waals surface area contributed by atoms with E-state index < -0.39 is 0 Å². The van der Waals surface area contributed by atoms with Gasteiger partial charge in [-0.25, -0.2) is 0 Å². The molecule has 0 heterocycles. The van der Waals surface area contributed by atoms with Gasteiger partial charge >= 0.3 is 11.7 Å². The Morgan fingerprint density at radius 2 is 2.00 bits per heavy atom. The Hall–Kier alpha value is 0.0200. The molecule has 0 N–H and O–H groups in total. The molecule has 0 aliphatic carbocycles. The van der Waals surface area contributed by atoms with E-state index in [1.165, 1.54) is 0 Å². The Balaban J connectivity index is 3.33. The third-order valence-electron chi connectivity index (χ3n) is 0.867. The lowest BCUT2D eigenvalue weighted by Crippen LogP contribution is -2.07. The molecule has 1 atom stereocenters. The van der Waals surface area contributed by atoms with Gasteiger partial charge in [0.1, 0.15) is 0 Å². The average molecular weight is 118 g/mol. The van der Waals surface area contributed by atoms with Crippen molar-refractivity contribution in [1.29, 1.82) is 0 Å². The van der Waals surface area contributed by atoms with Crippen LogP contribution in [0.25, 0.3) is 0 Å². The van der Waals surface area contributed by atoms with Crippen LogP contribution in [0, 0.1) is 12.8 Å². The summed E-state index contributed by atoms with van der Waals surface area (Å²) < 4.78 is 9.93. The van der Waals surface area contributed by atoms with E-state index in [4.69, 9.17) is 0 Å². The van der Waals surface area contributed by atoms with Gasteiger partial charge in [-0.05, 0) is 0 Å². The van der Waals surface area contributed by atoms with E-state index in [0.29, 0.717) is 17.6 Å². The van der Waals surface area contributed by atoms with Gasteiger partial charge in [-0.15, -0.1) is 0 Å². The summed E-state index contributed by atoms with van der Waals surface area (Å²) in [6.07, 6.45) is 0. The normalized spacial score (nSPS) is 14.3. The molecule has 1 unspecified atom stereocenters. The van der Waals surface area contributed by atoms with Gasteiger partial charge in [0.2, 0.25) is 5.25 Å². The first-order valence-corrected chi connectivity index (χ1v) is 3.10. The highest BCUT2D eigenvalue weighted by Crippen LogP contribution is 1.99. The minimum atomic E-state index is 0.0139. The van der Waals surface area contributed by atoms with Gasteiger partial charge in [-0.2, -0.15) is 0 Å². The highest BCUT2D eigenvalue weighted by atomic mass is 32.1. The first-order valence-electron chi connectivity index (χ1n) is 2.30. The lowest BCUT2D eigenvalue weighted by molar-refractivity contribution is 0.585. The molecule has 0 aliphatic heterocycles. The summed E-state index contributed by atoms with van der Waals surface area (Å²) in [6.45, 7) is 7.58. The molecule has 41 valence electrons. The first-order chi connectivity index (χ1) is 3.18. The molecular formula is C5H10OS+. The van der Waals surface area contributed by atoms with E-state index >= 15 is 0 Å². The molecule has 0 saturated carbocycles. The minimum Gasteiger partial charge on any atom is -0.0572 e. The van der Waals surface area contributed by atoms with Crippen molar-refractivity contribution in [2.24, 2.45) is 5.92 Å². The largest absolute Gasteiger partial charge is 0.462 e. The molecule has 2 heteroatoms. The average Bonchev–Trinajstić information content (AvgIpc) is 1.65. The van der Waals surface area contributed by atoms with E-state index in [1.54, 1.807) is 0 Å². The molecule has 1 nitrogen and oxygen atoms in total. The number of rotatable bonds is 2. The molecule has 0 fully saturated rings. The van der Waals surface area contributed by atoms with Crippen molar-refractivity contribution in [3.8, 4) is 0 Å². The summed E-state index contributed by atoms with van der Waals surface area (Å²) in [4.78, 5) is 0. The van der Waals surface area contributed by atoms with Crippen LogP contribution in [0.2, 0.25) is 0 Å². The maximum absolute atomic E-state index is 9.93. The van der Waals surface area contributed by atoms with Crippen LogP contribution in [0.5, 0.6) is 0 Å². The molecule has 0 aromatic heterocycles. The van der Waals surface area contributed by atoms with Crippen molar-refractivity contribution in [2.75, 3.05) is 0 Å². The summed E-state index contributed by atoms with van der Waals surface area (Å²) in [6, 6.07) is 0. The zero-order valence-corrected chi connectivity index (χ0v) is 5.49. The van der Waals surface area contributed by atoms with Crippen molar-refractivity contribution in [3.63, 3.8) is 0 Å². The molecule has 7 heavy (non-hydrogen) atoms. The van der Waals surface area contributed by atoms with Crippen molar-refractivity contribution >= 4 is 11.7 Å². The van der Waals surface area contributed by atoms with Crippen LogP contribution >= 0.6 is 0 Å². The van der Waals surface area contributed by atoms with Crippen LogP contribution in [0.15, 0.2) is 0 Å². The Morgan fingerprint density at radius 1 is 1.57 bits per heavy atom. The predicted molar refractivity (Wildman–Crippen MR) is 32.0 cm³/mol. The third kappa shape index (κ3) is 2.68. The minimum absolute atomic E-state index is 0.0139. The lowest BCUT2D eigenvalue weighted by atomic mass is 10.2. The standard InChI is InChI=1S/C5H10OS/c1-4(2)5(3)7-6/h4-5H,3H2,1-2H3/q+1. The van der Waals surface area contributed by atoms with Crippen LogP contribution in [0.4, 0.5) is 0 Å². The monoisotopic (exact) mass is 118 g/mol. The maximum atomic E-state index is 9.93. The van der Waals surface area contributed by atoms with Gasteiger partial charge in [-0.3, -0.25) is 0 Å². The van der Waals surface area contributed by atoms with Gasteiger partial charge in [0.25, 0.3) is 0 Å².